The number of barbiturate groups is 1. The number of halogens is 1. The monoisotopic (exact) mass is 391 g/mol. The van der Waals surface area contributed by atoms with Crippen molar-refractivity contribution < 1.29 is 14.4 Å². The second-order valence-electron chi connectivity index (χ2n) is 6.07. The number of amides is 4. The fourth-order valence-electron chi connectivity index (χ4n) is 2.97. The van der Waals surface area contributed by atoms with Crippen molar-refractivity contribution in [3.05, 3.63) is 89.2 Å². The predicted molar refractivity (Wildman–Crippen MR) is 106 cm³/mol. The first-order valence-electron chi connectivity index (χ1n) is 8.44. The molecule has 6 nitrogen and oxygen atoms in total. The molecule has 1 N–H and O–H groups in total. The molecule has 0 atom stereocenters. The number of para-hydroxylation sites is 1. The van der Waals surface area contributed by atoms with E-state index in [2.05, 4.69) is 5.32 Å². The van der Waals surface area contributed by atoms with Gasteiger partial charge in [-0.3, -0.25) is 14.9 Å². The summed E-state index contributed by atoms with van der Waals surface area (Å²) in [5.74, 6) is -1.41. The van der Waals surface area contributed by atoms with E-state index in [1.165, 1.54) is 6.08 Å². The fourth-order valence-corrected chi connectivity index (χ4v) is 3.09. The third kappa shape index (κ3) is 3.21. The van der Waals surface area contributed by atoms with Gasteiger partial charge in [0.05, 0.1) is 5.69 Å². The number of nitrogens with one attached hydrogen (secondary N) is 1. The van der Waals surface area contributed by atoms with Crippen molar-refractivity contribution in [3.63, 3.8) is 0 Å². The Balaban J connectivity index is 1.74. The van der Waals surface area contributed by atoms with E-state index < -0.39 is 17.8 Å². The number of hydrogen-bond acceptors (Lipinski definition) is 3. The zero-order valence-corrected chi connectivity index (χ0v) is 15.3. The van der Waals surface area contributed by atoms with Crippen LogP contribution in [0.1, 0.15) is 5.69 Å². The second-order valence-corrected chi connectivity index (χ2v) is 6.51. The summed E-state index contributed by atoms with van der Waals surface area (Å²) in [4.78, 5) is 38.4. The Morgan fingerprint density at radius 3 is 2.25 bits per heavy atom. The summed E-state index contributed by atoms with van der Waals surface area (Å²) in [5.41, 5.74) is 1.69. The average molecular weight is 392 g/mol. The molecule has 28 heavy (non-hydrogen) atoms. The van der Waals surface area contributed by atoms with E-state index in [1.807, 2.05) is 16.7 Å². The van der Waals surface area contributed by atoms with Crippen LogP contribution in [-0.2, 0) is 9.59 Å². The Hall–Kier alpha value is -3.64. The van der Waals surface area contributed by atoms with Gasteiger partial charge in [0.25, 0.3) is 11.8 Å². The van der Waals surface area contributed by atoms with Gasteiger partial charge in [0.1, 0.15) is 5.57 Å². The average Bonchev–Trinajstić information content (AvgIpc) is 3.15. The Morgan fingerprint density at radius 1 is 0.821 bits per heavy atom. The number of nitrogens with zero attached hydrogens (tertiary/aromatic N) is 2. The van der Waals surface area contributed by atoms with Crippen LogP contribution in [0.4, 0.5) is 10.5 Å². The van der Waals surface area contributed by atoms with Gasteiger partial charge in [0, 0.05) is 22.6 Å². The van der Waals surface area contributed by atoms with Crippen LogP contribution in [0.5, 0.6) is 0 Å². The highest BCUT2D eigenvalue weighted by atomic mass is 35.5. The van der Waals surface area contributed by atoms with Crippen LogP contribution in [-0.4, -0.2) is 22.4 Å². The highest BCUT2D eigenvalue weighted by Crippen LogP contribution is 2.23. The maximum Gasteiger partial charge on any atom is 0.335 e. The standard InChI is InChI=1S/C21H14ClN3O3/c22-14-8-10-15(11-9-14)24-12-4-7-17(24)13-18-19(26)23-21(28)25(20(18)27)16-5-2-1-3-6-16/h1-13H,(H,23,26,28). The Kier molecular flexibility index (Phi) is 4.55. The SMILES string of the molecule is O=C1NC(=O)N(c2ccccc2)C(=O)C1=Cc1cccn1-c1ccc(Cl)cc1. The second kappa shape index (κ2) is 7.17. The van der Waals surface area contributed by atoms with Crippen LogP contribution < -0.4 is 10.2 Å². The number of benzene rings is 2. The molecule has 4 amide bonds. The van der Waals surface area contributed by atoms with E-state index in [9.17, 15) is 14.4 Å². The van der Waals surface area contributed by atoms with E-state index in [4.69, 9.17) is 11.6 Å². The van der Waals surface area contributed by atoms with Gasteiger partial charge >= 0.3 is 6.03 Å². The van der Waals surface area contributed by atoms with E-state index in [-0.39, 0.29) is 5.57 Å². The zero-order valence-electron chi connectivity index (χ0n) is 14.5. The molecule has 7 heteroatoms. The number of carbonyl (C=O) groups excluding carboxylic acids is 3. The van der Waals surface area contributed by atoms with Crippen LogP contribution in [0.2, 0.25) is 5.02 Å². The van der Waals surface area contributed by atoms with Gasteiger partial charge in [-0.15, -0.1) is 0 Å². The highest BCUT2D eigenvalue weighted by molar-refractivity contribution is 6.39. The lowest BCUT2D eigenvalue weighted by atomic mass is 10.1. The van der Waals surface area contributed by atoms with E-state index in [1.54, 1.807) is 60.8 Å². The van der Waals surface area contributed by atoms with Crippen molar-refractivity contribution in [2.75, 3.05) is 4.90 Å². The molecule has 3 aromatic rings. The minimum atomic E-state index is -0.772. The van der Waals surface area contributed by atoms with Gasteiger partial charge in [-0.1, -0.05) is 29.8 Å². The van der Waals surface area contributed by atoms with E-state index in [0.29, 0.717) is 16.4 Å². The van der Waals surface area contributed by atoms with Crippen molar-refractivity contribution in [1.29, 1.82) is 0 Å². The van der Waals surface area contributed by atoms with Crippen molar-refractivity contribution >= 4 is 41.2 Å². The van der Waals surface area contributed by atoms with Gasteiger partial charge in [-0.25, -0.2) is 9.69 Å². The Labute approximate surface area is 165 Å². The third-order valence-corrected chi connectivity index (χ3v) is 4.55. The van der Waals surface area contributed by atoms with Gasteiger partial charge in [-0.2, -0.15) is 0 Å². The molecular weight excluding hydrogens is 378 g/mol. The first-order valence-corrected chi connectivity index (χ1v) is 8.82. The normalized spacial score (nSPS) is 15.8. The molecule has 1 fully saturated rings. The summed E-state index contributed by atoms with van der Waals surface area (Å²) in [5, 5.41) is 2.83. The number of imide groups is 2. The molecular formula is C21H14ClN3O3. The summed E-state index contributed by atoms with van der Waals surface area (Å²) >= 11 is 5.94. The number of hydrogen-bond donors (Lipinski definition) is 1. The van der Waals surface area contributed by atoms with Gasteiger partial charge < -0.3 is 4.57 Å². The first kappa shape index (κ1) is 17.8. The lowest BCUT2D eigenvalue weighted by molar-refractivity contribution is -0.122. The van der Waals surface area contributed by atoms with E-state index >= 15 is 0 Å². The number of anilines is 1. The topological polar surface area (TPSA) is 71.4 Å². The molecule has 0 unspecified atom stereocenters. The molecule has 0 bridgehead atoms. The van der Waals surface area contributed by atoms with Crippen molar-refractivity contribution in [1.82, 2.24) is 9.88 Å². The molecule has 4 rings (SSSR count). The maximum absolute atomic E-state index is 12.9. The number of aromatic nitrogens is 1. The predicted octanol–water partition coefficient (Wildman–Crippen LogP) is 3.80. The lowest BCUT2D eigenvalue weighted by Gasteiger charge is -2.26. The van der Waals surface area contributed by atoms with Crippen LogP contribution in [0.3, 0.4) is 0 Å². The molecule has 2 aromatic carbocycles. The summed E-state index contributed by atoms with van der Waals surface area (Å²) in [6.07, 6.45) is 3.27. The van der Waals surface area contributed by atoms with Crippen molar-refractivity contribution in [2.45, 2.75) is 0 Å². The quantitative estimate of drug-likeness (QED) is 0.545. The van der Waals surface area contributed by atoms with E-state index in [0.717, 1.165) is 10.6 Å². The minimum absolute atomic E-state index is 0.127. The third-order valence-electron chi connectivity index (χ3n) is 4.29. The van der Waals surface area contributed by atoms with Gasteiger partial charge in [0.15, 0.2) is 0 Å². The summed E-state index contributed by atoms with van der Waals surface area (Å²) in [6.45, 7) is 0. The van der Waals surface area contributed by atoms with Gasteiger partial charge in [-0.05, 0) is 54.6 Å². The van der Waals surface area contributed by atoms with Crippen LogP contribution in [0, 0.1) is 0 Å². The largest absolute Gasteiger partial charge is 0.335 e. The van der Waals surface area contributed by atoms with Gasteiger partial charge in [0.2, 0.25) is 0 Å². The first-order chi connectivity index (χ1) is 13.5. The summed E-state index contributed by atoms with van der Waals surface area (Å²) < 4.78 is 1.81. The minimum Gasteiger partial charge on any atom is -0.317 e. The number of carbonyl (C=O) groups is 3. The van der Waals surface area contributed by atoms with Crippen molar-refractivity contribution in [2.24, 2.45) is 0 Å². The fraction of sp³-hybridized carbons (Fsp3) is 0. The highest BCUT2D eigenvalue weighted by Gasteiger charge is 2.36. The molecule has 2 heterocycles. The molecule has 1 aliphatic heterocycles. The van der Waals surface area contributed by atoms with Crippen LogP contribution in [0.25, 0.3) is 11.8 Å². The molecule has 138 valence electrons. The molecule has 0 radical (unpaired) electrons. The molecule has 1 saturated heterocycles. The maximum atomic E-state index is 12.9. The van der Waals surface area contributed by atoms with Crippen LogP contribution >= 0.6 is 11.6 Å². The summed E-state index contributed by atoms with van der Waals surface area (Å²) in [6, 6.07) is 18.4. The molecule has 1 aromatic heterocycles. The lowest BCUT2D eigenvalue weighted by Crippen LogP contribution is -2.54. The zero-order chi connectivity index (χ0) is 19.7. The Bertz CT molecular complexity index is 1100. The number of rotatable bonds is 3. The smallest absolute Gasteiger partial charge is 0.317 e. The Morgan fingerprint density at radius 2 is 1.54 bits per heavy atom. The molecule has 1 aliphatic rings. The molecule has 0 aliphatic carbocycles. The summed E-state index contributed by atoms with van der Waals surface area (Å²) in [7, 11) is 0. The molecule has 0 saturated carbocycles. The van der Waals surface area contributed by atoms with Crippen molar-refractivity contribution in [3.8, 4) is 5.69 Å². The van der Waals surface area contributed by atoms with Crippen LogP contribution in [0.15, 0.2) is 78.5 Å². The molecule has 0 spiro atoms. The number of urea groups is 1.